The van der Waals surface area contributed by atoms with Gasteiger partial charge in [-0.1, -0.05) is 5.16 Å². The van der Waals surface area contributed by atoms with Crippen LogP contribution >= 0.6 is 0 Å². The third-order valence-electron chi connectivity index (χ3n) is 1.90. The molecule has 1 aromatic rings. The summed E-state index contributed by atoms with van der Waals surface area (Å²) in [5.41, 5.74) is 5.22. The lowest BCUT2D eigenvalue weighted by atomic mass is 10.0. The highest BCUT2D eigenvalue weighted by Gasteiger charge is 2.34. The smallest absolute Gasteiger partial charge is 0.213 e. The predicted molar refractivity (Wildman–Crippen MR) is 41.8 cm³/mol. The Morgan fingerprint density at radius 3 is 2.54 bits per heavy atom. The number of nitrogens with zero attached hydrogens (tertiary/aromatic N) is 2. The summed E-state index contributed by atoms with van der Waals surface area (Å²) >= 11 is 0. The molecule has 72 valence electrons. The molecule has 2 heterocycles. The zero-order valence-corrected chi connectivity index (χ0v) is 7.10. The van der Waals surface area contributed by atoms with Crippen molar-refractivity contribution < 1.29 is 14.0 Å². The van der Waals surface area contributed by atoms with E-state index in [2.05, 4.69) is 14.7 Å². The van der Waals surface area contributed by atoms with Crippen molar-refractivity contribution in [1.29, 1.82) is 0 Å². The summed E-state index contributed by atoms with van der Waals surface area (Å²) in [7, 11) is 0. The van der Waals surface area contributed by atoms with Gasteiger partial charge in [0.1, 0.15) is 5.54 Å². The summed E-state index contributed by atoms with van der Waals surface area (Å²) < 4.78 is 15.1. The van der Waals surface area contributed by atoms with Crippen LogP contribution < -0.4 is 5.73 Å². The fourth-order valence-corrected chi connectivity index (χ4v) is 1.19. The number of ether oxygens (including phenoxy) is 2. The van der Waals surface area contributed by atoms with Gasteiger partial charge in [-0.05, 0) is 0 Å². The van der Waals surface area contributed by atoms with Crippen LogP contribution in [0.2, 0.25) is 0 Å². The molecule has 0 spiro atoms. The Bertz CT molecular complexity index is 254. The summed E-state index contributed by atoms with van der Waals surface area (Å²) in [6.07, 6.45) is 1.24. The average molecular weight is 185 g/mol. The maximum absolute atomic E-state index is 5.99. The SMILES string of the molecule is NC1(c2ncon2)COCCOC1. The fourth-order valence-electron chi connectivity index (χ4n) is 1.19. The highest BCUT2D eigenvalue weighted by molar-refractivity contribution is 5.02. The molecule has 2 rings (SSSR count). The molecule has 1 aromatic heterocycles. The van der Waals surface area contributed by atoms with E-state index < -0.39 is 5.54 Å². The molecule has 1 aliphatic rings. The van der Waals surface area contributed by atoms with Gasteiger partial charge in [0.05, 0.1) is 26.4 Å². The van der Waals surface area contributed by atoms with Gasteiger partial charge in [-0.2, -0.15) is 4.98 Å². The van der Waals surface area contributed by atoms with Crippen LogP contribution in [-0.2, 0) is 15.0 Å². The van der Waals surface area contributed by atoms with Crippen molar-refractivity contribution in [2.24, 2.45) is 5.73 Å². The topological polar surface area (TPSA) is 83.4 Å². The highest BCUT2D eigenvalue weighted by Crippen LogP contribution is 2.16. The fraction of sp³-hybridized carbons (Fsp3) is 0.714. The Balaban J connectivity index is 2.17. The van der Waals surface area contributed by atoms with Gasteiger partial charge in [-0.15, -0.1) is 0 Å². The quantitative estimate of drug-likeness (QED) is 0.621. The Hall–Kier alpha value is -0.980. The molecule has 0 saturated carbocycles. The molecule has 0 aliphatic carbocycles. The second-order valence-electron chi connectivity index (χ2n) is 3.02. The Morgan fingerprint density at radius 1 is 1.31 bits per heavy atom. The molecule has 13 heavy (non-hydrogen) atoms. The van der Waals surface area contributed by atoms with E-state index in [0.717, 1.165) is 0 Å². The van der Waals surface area contributed by atoms with Crippen molar-refractivity contribution in [3.8, 4) is 0 Å². The van der Waals surface area contributed by atoms with E-state index in [1.165, 1.54) is 6.39 Å². The third-order valence-corrected chi connectivity index (χ3v) is 1.90. The standard InChI is InChI=1S/C7H11N3O3/c8-7(6-9-5-13-10-6)3-11-1-2-12-4-7/h5H,1-4,8H2. The van der Waals surface area contributed by atoms with Crippen LogP contribution in [0.25, 0.3) is 0 Å². The minimum absolute atomic E-state index is 0.354. The van der Waals surface area contributed by atoms with Crippen LogP contribution in [0, 0.1) is 0 Å². The number of hydrogen-bond acceptors (Lipinski definition) is 6. The minimum Gasteiger partial charge on any atom is -0.377 e. The van der Waals surface area contributed by atoms with E-state index in [1.807, 2.05) is 0 Å². The third kappa shape index (κ3) is 1.69. The van der Waals surface area contributed by atoms with Gasteiger partial charge in [0, 0.05) is 0 Å². The summed E-state index contributed by atoms with van der Waals surface area (Å²) in [5, 5.41) is 3.68. The molecule has 2 N–H and O–H groups in total. The molecule has 0 radical (unpaired) electrons. The summed E-state index contributed by atoms with van der Waals surface area (Å²) in [4.78, 5) is 3.89. The first-order chi connectivity index (χ1) is 6.31. The number of hydrogen-bond donors (Lipinski definition) is 1. The van der Waals surface area contributed by atoms with Gasteiger partial charge in [0.2, 0.25) is 6.39 Å². The van der Waals surface area contributed by atoms with E-state index in [4.69, 9.17) is 15.2 Å². The highest BCUT2D eigenvalue weighted by atomic mass is 16.5. The zero-order valence-electron chi connectivity index (χ0n) is 7.10. The van der Waals surface area contributed by atoms with Crippen LogP contribution in [-0.4, -0.2) is 36.6 Å². The first-order valence-corrected chi connectivity index (χ1v) is 4.02. The molecule has 0 atom stereocenters. The van der Waals surface area contributed by atoms with E-state index in [-0.39, 0.29) is 0 Å². The van der Waals surface area contributed by atoms with Crippen molar-refractivity contribution >= 4 is 0 Å². The Kier molecular flexibility index (Phi) is 2.26. The summed E-state index contributed by atoms with van der Waals surface area (Å²) in [6, 6.07) is 0. The van der Waals surface area contributed by atoms with Gasteiger partial charge in [0.25, 0.3) is 0 Å². The molecule has 0 bridgehead atoms. The van der Waals surface area contributed by atoms with Crippen LogP contribution in [0.1, 0.15) is 5.82 Å². The Labute approximate surface area is 75.0 Å². The van der Waals surface area contributed by atoms with E-state index >= 15 is 0 Å². The monoisotopic (exact) mass is 185 g/mol. The maximum atomic E-state index is 5.99. The van der Waals surface area contributed by atoms with Crippen LogP contribution in [0.4, 0.5) is 0 Å². The van der Waals surface area contributed by atoms with Crippen LogP contribution in [0.3, 0.4) is 0 Å². The van der Waals surface area contributed by atoms with Gasteiger partial charge in [-0.25, -0.2) is 0 Å². The second-order valence-corrected chi connectivity index (χ2v) is 3.02. The first-order valence-electron chi connectivity index (χ1n) is 4.02. The van der Waals surface area contributed by atoms with Crippen molar-refractivity contribution in [3.05, 3.63) is 12.2 Å². The largest absolute Gasteiger partial charge is 0.377 e. The van der Waals surface area contributed by atoms with E-state index in [1.54, 1.807) is 0 Å². The summed E-state index contributed by atoms with van der Waals surface area (Å²) in [6.45, 7) is 1.81. The Morgan fingerprint density at radius 2 is 2.00 bits per heavy atom. The number of rotatable bonds is 1. The predicted octanol–water partition coefficient (Wildman–Crippen LogP) is -0.730. The lowest BCUT2D eigenvalue weighted by Gasteiger charge is -2.21. The van der Waals surface area contributed by atoms with E-state index in [0.29, 0.717) is 32.3 Å². The van der Waals surface area contributed by atoms with Crippen molar-refractivity contribution in [2.75, 3.05) is 26.4 Å². The molecule has 6 heteroatoms. The molecular formula is C7H11N3O3. The number of nitrogens with two attached hydrogens (primary N) is 1. The van der Waals surface area contributed by atoms with Crippen molar-refractivity contribution in [2.45, 2.75) is 5.54 Å². The molecular weight excluding hydrogens is 174 g/mol. The first kappa shape index (κ1) is 8.61. The van der Waals surface area contributed by atoms with Crippen LogP contribution in [0.15, 0.2) is 10.9 Å². The maximum Gasteiger partial charge on any atom is 0.213 e. The van der Waals surface area contributed by atoms with Crippen molar-refractivity contribution in [1.82, 2.24) is 10.1 Å². The normalized spacial score (nSPS) is 22.5. The second kappa shape index (κ2) is 3.41. The molecule has 6 nitrogen and oxygen atoms in total. The van der Waals surface area contributed by atoms with Crippen molar-refractivity contribution in [3.63, 3.8) is 0 Å². The van der Waals surface area contributed by atoms with Crippen LogP contribution in [0.5, 0.6) is 0 Å². The number of aromatic nitrogens is 2. The minimum atomic E-state index is -0.774. The zero-order chi connectivity index (χ0) is 9.15. The van der Waals surface area contributed by atoms with E-state index in [9.17, 15) is 0 Å². The molecule has 1 aliphatic heterocycles. The lowest BCUT2D eigenvalue weighted by Crippen LogP contribution is -2.45. The lowest BCUT2D eigenvalue weighted by molar-refractivity contribution is 0.103. The molecule has 1 saturated heterocycles. The summed E-state index contributed by atoms with van der Waals surface area (Å²) in [5.74, 6) is 0.425. The van der Waals surface area contributed by atoms with Gasteiger partial charge in [0.15, 0.2) is 5.82 Å². The molecule has 1 fully saturated rings. The molecule has 0 aromatic carbocycles. The average Bonchev–Trinajstić information content (AvgIpc) is 2.57. The molecule has 0 unspecified atom stereocenters. The van der Waals surface area contributed by atoms with Gasteiger partial charge >= 0.3 is 0 Å². The molecule has 0 amide bonds. The van der Waals surface area contributed by atoms with Gasteiger partial charge in [-0.3, -0.25) is 0 Å². The van der Waals surface area contributed by atoms with Gasteiger partial charge < -0.3 is 19.7 Å².